The van der Waals surface area contributed by atoms with Gasteiger partial charge in [-0.2, -0.15) is 4.99 Å². The highest BCUT2D eigenvalue weighted by Gasteiger charge is 2.30. The number of aromatic nitrogens is 2. The van der Waals surface area contributed by atoms with Gasteiger partial charge in [0, 0.05) is 24.8 Å². The summed E-state index contributed by atoms with van der Waals surface area (Å²) < 4.78 is 0. The minimum atomic E-state index is -0.0594. The molecular weight excluding hydrogens is 304 g/mol. The number of thioether (sulfide) groups is 1. The Morgan fingerprint density at radius 3 is 2.95 bits per heavy atom. The fraction of sp³-hybridized carbons (Fsp3) is 0.143. The van der Waals surface area contributed by atoms with E-state index in [4.69, 9.17) is 0 Å². The molecule has 3 rings (SSSR count). The lowest BCUT2D eigenvalue weighted by molar-refractivity contribution is -0.121. The maximum absolute atomic E-state index is 12.2. The third-order valence-electron chi connectivity index (χ3n) is 2.78. The van der Waals surface area contributed by atoms with Gasteiger partial charge in [-0.3, -0.25) is 14.7 Å². The van der Waals surface area contributed by atoms with E-state index in [0.717, 1.165) is 11.3 Å². The molecule has 0 aliphatic carbocycles. The standard InChI is InChI=1S/C14H12N4OS2/c1-9-8-20-13(16-9)17-14-18(2)12(19)11(21-14)6-10-4-3-5-15-7-10/h3-8H,1-2H3/b11-6-,17-14+. The number of carbonyl (C=O) groups is 1. The Balaban J connectivity index is 1.89. The molecular formula is C14H12N4OS2. The van der Waals surface area contributed by atoms with Crippen molar-refractivity contribution in [2.75, 3.05) is 7.05 Å². The fourth-order valence-electron chi connectivity index (χ4n) is 1.74. The van der Waals surface area contributed by atoms with Crippen LogP contribution in [0.25, 0.3) is 6.08 Å². The molecule has 1 aliphatic heterocycles. The number of amides is 1. The van der Waals surface area contributed by atoms with Gasteiger partial charge < -0.3 is 0 Å². The van der Waals surface area contributed by atoms with Gasteiger partial charge in [0.1, 0.15) is 0 Å². The van der Waals surface area contributed by atoms with Gasteiger partial charge in [-0.1, -0.05) is 6.07 Å². The molecule has 0 saturated carbocycles. The molecule has 0 unspecified atom stereocenters. The number of nitrogens with zero attached hydrogens (tertiary/aromatic N) is 4. The summed E-state index contributed by atoms with van der Waals surface area (Å²) in [6.45, 7) is 1.92. The van der Waals surface area contributed by atoms with Crippen LogP contribution in [0.5, 0.6) is 0 Å². The zero-order valence-electron chi connectivity index (χ0n) is 11.5. The Hall–Kier alpha value is -1.99. The van der Waals surface area contributed by atoms with Crippen molar-refractivity contribution >= 4 is 45.4 Å². The van der Waals surface area contributed by atoms with Crippen LogP contribution in [0.2, 0.25) is 0 Å². The average molecular weight is 316 g/mol. The topological polar surface area (TPSA) is 58.5 Å². The molecule has 2 aromatic rings. The van der Waals surface area contributed by atoms with Crippen molar-refractivity contribution in [1.29, 1.82) is 0 Å². The van der Waals surface area contributed by atoms with Crippen LogP contribution in [0.3, 0.4) is 0 Å². The Morgan fingerprint density at radius 2 is 2.29 bits per heavy atom. The van der Waals surface area contributed by atoms with E-state index < -0.39 is 0 Å². The minimum Gasteiger partial charge on any atom is -0.289 e. The highest BCUT2D eigenvalue weighted by molar-refractivity contribution is 8.18. The van der Waals surface area contributed by atoms with E-state index in [2.05, 4.69) is 15.0 Å². The molecule has 1 saturated heterocycles. The van der Waals surface area contributed by atoms with Crippen LogP contribution in [0.1, 0.15) is 11.3 Å². The second kappa shape index (κ2) is 5.79. The Bertz CT molecular complexity index is 736. The monoisotopic (exact) mass is 316 g/mol. The number of hydrogen-bond acceptors (Lipinski definition) is 6. The number of thiazole rings is 1. The predicted octanol–water partition coefficient (Wildman–Crippen LogP) is 3.08. The lowest BCUT2D eigenvalue weighted by atomic mass is 10.2. The number of rotatable bonds is 2. The number of carbonyl (C=O) groups excluding carboxylic acids is 1. The average Bonchev–Trinajstić information content (AvgIpc) is 3.00. The number of hydrogen-bond donors (Lipinski definition) is 0. The first-order valence-electron chi connectivity index (χ1n) is 6.22. The summed E-state index contributed by atoms with van der Waals surface area (Å²) in [4.78, 5) is 27.2. The summed E-state index contributed by atoms with van der Waals surface area (Å²) in [6.07, 6.45) is 5.25. The molecule has 5 nitrogen and oxygen atoms in total. The first-order chi connectivity index (χ1) is 10.1. The summed E-state index contributed by atoms with van der Waals surface area (Å²) in [6, 6.07) is 3.75. The van der Waals surface area contributed by atoms with Gasteiger partial charge in [-0.25, -0.2) is 4.98 Å². The third-order valence-corrected chi connectivity index (χ3v) is 4.70. The Labute approximate surface area is 130 Å². The van der Waals surface area contributed by atoms with Crippen LogP contribution in [0.15, 0.2) is 39.8 Å². The van der Waals surface area contributed by atoms with E-state index in [0.29, 0.717) is 15.2 Å². The number of likely N-dealkylation sites (N-methyl/N-ethyl adjacent to an activating group) is 1. The van der Waals surface area contributed by atoms with Crippen molar-refractivity contribution in [3.05, 3.63) is 46.1 Å². The molecule has 7 heteroatoms. The maximum atomic E-state index is 12.2. The molecule has 1 amide bonds. The molecule has 1 fully saturated rings. The second-order valence-corrected chi connectivity index (χ2v) is 6.27. The van der Waals surface area contributed by atoms with Crippen LogP contribution in [-0.2, 0) is 4.79 Å². The third kappa shape index (κ3) is 3.03. The van der Waals surface area contributed by atoms with E-state index in [1.165, 1.54) is 23.1 Å². The molecule has 1 aliphatic rings. The van der Waals surface area contributed by atoms with Crippen LogP contribution in [0.4, 0.5) is 5.13 Å². The van der Waals surface area contributed by atoms with Crippen molar-refractivity contribution in [2.24, 2.45) is 4.99 Å². The van der Waals surface area contributed by atoms with E-state index in [1.54, 1.807) is 24.3 Å². The SMILES string of the molecule is Cc1csc(/N=C2/S/C(=C\c3cccnc3)C(=O)N2C)n1. The first-order valence-corrected chi connectivity index (χ1v) is 7.91. The predicted molar refractivity (Wildman–Crippen MR) is 86.5 cm³/mol. The first kappa shape index (κ1) is 14.0. The van der Waals surface area contributed by atoms with Crippen molar-refractivity contribution < 1.29 is 4.79 Å². The molecule has 0 bridgehead atoms. The Morgan fingerprint density at radius 1 is 1.43 bits per heavy atom. The van der Waals surface area contributed by atoms with Gasteiger partial charge in [0.15, 0.2) is 5.17 Å². The smallest absolute Gasteiger partial charge is 0.266 e. The van der Waals surface area contributed by atoms with Gasteiger partial charge in [-0.05, 0) is 36.4 Å². The van der Waals surface area contributed by atoms with Gasteiger partial charge in [0.25, 0.3) is 5.91 Å². The lowest BCUT2D eigenvalue weighted by Crippen LogP contribution is -2.23. The fourth-order valence-corrected chi connectivity index (χ4v) is 3.43. The molecule has 21 heavy (non-hydrogen) atoms. The summed E-state index contributed by atoms with van der Waals surface area (Å²) in [7, 11) is 1.72. The molecule has 0 aromatic carbocycles. The van der Waals surface area contributed by atoms with Crippen molar-refractivity contribution in [1.82, 2.24) is 14.9 Å². The summed E-state index contributed by atoms with van der Waals surface area (Å²) in [5.74, 6) is -0.0594. The normalized spacial score (nSPS) is 19.0. The van der Waals surface area contributed by atoms with E-state index in [-0.39, 0.29) is 5.91 Å². The van der Waals surface area contributed by atoms with Crippen LogP contribution in [0, 0.1) is 6.92 Å². The van der Waals surface area contributed by atoms with Crippen LogP contribution < -0.4 is 0 Å². The van der Waals surface area contributed by atoms with Crippen LogP contribution >= 0.6 is 23.1 Å². The van der Waals surface area contributed by atoms with E-state index in [9.17, 15) is 4.79 Å². The molecule has 3 heterocycles. The van der Waals surface area contributed by atoms with Gasteiger partial charge >= 0.3 is 0 Å². The summed E-state index contributed by atoms with van der Waals surface area (Å²) >= 11 is 2.82. The summed E-state index contributed by atoms with van der Waals surface area (Å²) in [5, 5.41) is 3.24. The zero-order valence-corrected chi connectivity index (χ0v) is 13.1. The van der Waals surface area contributed by atoms with E-state index in [1.807, 2.05) is 30.5 Å². The van der Waals surface area contributed by atoms with Crippen molar-refractivity contribution in [3.63, 3.8) is 0 Å². The zero-order chi connectivity index (χ0) is 14.8. The molecule has 0 N–H and O–H groups in total. The largest absolute Gasteiger partial charge is 0.289 e. The highest BCUT2D eigenvalue weighted by Crippen LogP contribution is 2.33. The number of pyridine rings is 1. The Kier molecular flexibility index (Phi) is 3.85. The summed E-state index contributed by atoms with van der Waals surface area (Å²) in [5.41, 5.74) is 1.83. The van der Waals surface area contributed by atoms with Gasteiger partial charge in [0.2, 0.25) is 5.13 Å². The van der Waals surface area contributed by atoms with Gasteiger partial charge in [0.05, 0.1) is 10.6 Å². The number of amidine groups is 1. The molecule has 0 spiro atoms. The lowest BCUT2D eigenvalue weighted by Gasteiger charge is -2.05. The van der Waals surface area contributed by atoms with Crippen molar-refractivity contribution in [3.8, 4) is 0 Å². The van der Waals surface area contributed by atoms with E-state index >= 15 is 0 Å². The quantitative estimate of drug-likeness (QED) is 0.799. The molecule has 2 aromatic heterocycles. The molecule has 106 valence electrons. The highest BCUT2D eigenvalue weighted by atomic mass is 32.2. The van der Waals surface area contributed by atoms with Crippen molar-refractivity contribution in [2.45, 2.75) is 6.92 Å². The second-order valence-electron chi connectivity index (χ2n) is 4.43. The molecule has 0 atom stereocenters. The number of aliphatic imine (C=N–C) groups is 1. The maximum Gasteiger partial charge on any atom is 0.266 e. The number of aryl methyl sites for hydroxylation is 1. The minimum absolute atomic E-state index is 0.0594. The molecule has 0 radical (unpaired) electrons. The van der Waals surface area contributed by atoms with Gasteiger partial charge in [-0.15, -0.1) is 11.3 Å². The van der Waals surface area contributed by atoms with Crippen LogP contribution in [-0.4, -0.2) is 33.0 Å².